The Balaban J connectivity index is 2.35. The quantitative estimate of drug-likeness (QED) is 0.629. The Labute approximate surface area is 174 Å². The van der Waals surface area contributed by atoms with E-state index >= 15 is 0 Å². The number of nitrogens with zero attached hydrogens (tertiary/aromatic N) is 1. The molecule has 2 rings (SSSR count). The van der Waals surface area contributed by atoms with Gasteiger partial charge in [0.1, 0.15) is 6.04 Å². The lowest BCUT2D eigenvalue weighted by Crippen LogP contribution is -2.45. The topological polar surface area (TPSA) is 117 Å². The number of rotatable bonds is 5. The first-order valence-corrected chi connectivity index (χ1v) is 11.1. The van der Waals surface area contributed by atoms with Crippen molar-refractivity contribution in [3.63, 3.8) is 0 Å². The van der Waals surface area contributed by atoms with Gasteiger partial charge in [-0.1, -0.05) is 17.4 Å². The van der Waals surface area contributed by atoms with Gasteiger partial charge in [0.15, 0.2) is 15.0 Å². The van der Waals surface area contributed by atoms with E-state index in [-0.39, 0.29) is 10.7 Å². The zero-order chi connectivity index (χ0) is 22.9. The van der Waals surface area contributed by atoms with Crippen LogP contribution in [0.5, 0.6) is 0 Å². The molecule has 1 atom stereocenters. The third-order valence-corrected chi connectivity index (χ3v) is 6.23. The zero-order valence-electron chi connectivity index (χ0n) is 16.3. The van der Waals surface area contributed by atoms with E-state index in [2.05, 4.69) is 20.9 Å². The van der Waals surface area contributed by atoms with Gasteiger partial charge in [-0.05, 0) is 31.5 Å². The molecule has 164 valence electrons. The highest BCUT2D eigenvalue weighted by molar-refractivity contribution is 7.90. The van der Waals surface area contributed by atoms with E-state index < -0.39 is 44.5 Å². The fraction of sp³-hybridized carbons (Fsp3) is 0.353. The predicted octanol–water partition coefficient (Wildman–Crippen LogP) is 2.80. The molecule has 0 spiro atoms. The van der Waals surface area contributed by atoms with Gasteiger partial charge >= 0.3 is 12.2 Å². The molecular formula is C17H19F3N4O4S2. The number of anilines is 1. The molecule has 3 N–H and O–H groups in total. The monoisotopic (exact) mass is 464 g/mol. The van der Waals surface area contributed by atoms with Gasteiger partial charge in [0.05, 0.1) is 21.0 Å². The molecule has 0 saturated heterocycles. The fourth-order valence-electron chi connectivity index (χ4n) is 2.55. The van der Waals surface area contributed by atoms with Gasteiger partial charge in [0, 0.05) is 13.3 Å². The highest BCUT2D eigenvalue weighted by Gasteiger charge is 2.36. The van der Waals surface area contributed by atoms with Crippen molar-refractivity contribution in [3.05, 3.63) is 29.5 Å². The predicted molar refractivity (Wildman–Crippen MR) is 106 cm³/mol. The van der Waals surface area contributed by atoms with Crippen LogP contribution in [0.4, 0.5) is 23.1 Å². The largest absolute Gasteiger partial charge is 0.417 e. The van der Waals surface area contributed by atoms with Gasteiger partial charge in [-0.3, -0.25) is 10.1 Å². The lowest BCUT2D eigenvalue weighted by Gasteiger charge is -2.13. The van der Waals surface area contributed by atoms with Gasteiger partial charge in [-0.15, -0.1) is 0 Å². The van der Waals surface area contributed by atoms with Crippen molar-refractivity contribution in [1.82, 2.24) is 15.6 Å². The Morgan fingerprint density at radius 3 is 2.40 bits per heavy atom. The summed E-state index contributed by atoms with van der Waals surface area (Å²) in [5.74, 6) is -0.410. The summed E-state index contributed by atoms with van der Waals surface area (Å²) in [5, 5.41) is 7.29. The molecule has 1 heterocycles. The van der Waals surface area contributed by atoms with Crippen molar-refractivity contribution in [2.45, 2.75) is 31.0 Å². The molecule has 0 aliphatic heterocycles. The van der Waals surface area contributed by atoms with Crippen LogP contribution in [0.15, 0.2) is 23.1 Å². The molecule has 0 fully saturated rings. The average molecular weight is 464 g/mol. The van der Waals surface area contributed by atoms with Crippen molar-refractivity contribution in [3.8, 4) is 10.4 Å². The van der Waals surface area contributed by atoms with Crippen LogP contribution in [0.3, 0.4) is 0 Å². The Hall–Kier alpha value is -2.67. The number of aryl methyl sites for hydroxylation is 1. The van der Waals surface area contributed by atoms with Crippen LogP contribution in [0.2, 0.25) is 0 Å². The lowest BCUT2D eigenvalue weighted by atomic mass is 10.1. The molecule has 0 aliphatic carbocycles. The summed E-state index contributed by atoms with van der Waals surface area (Å²) in [5.41, 5.74) is -0.825. The van der Waals surface area contributed by atoms with Crippen molar-refractivity contribution in [2.24, 2.45) is 0 Å². The minimum absolute atomic E-state index is 0.102. The Morgan fingerprint density at radius 1 is 1.23 bits per heavy atom. The maximum Gasteiger partial charge on any atom is 0.417 e. The van der Waals surface area contributed by atoms with Crippen LogP contribution in [-0.4, -0.2) is 44.7 Å². The van der Waals surface area contributed by atoms with Crippen LogP contribution in [0.25, 0.3) is 10.4 Å². The van der Waals surface area contributed by atoms with Crippen LogP contribution >= 0.6 is 11.3 Å². The van der Waals surface area contributed by atoms with Crippen molar-refractivity contribution < 1.29 is 31.2 Å². The zero-order valence-corrected chi connectivity index (χ0v) is 18.0. The third-order valence-electron chi connectivity index (χ3n) is 3.95. The molecule has 1 unspecified atom stereocenters. The minimum Gasteiger partial charge on any atom is -0.357 e. The number of halogens is 3. The van der Waals surface area contributed by atoms with Crippen LogP contribution < -0.4 is 16.0 Å². The number of alkyl halides is 3. The Bertz CT molecular complexity index is 1080. The van der Waals surface area contributed by atoms with Gasteiger partial charge in [0.25, 0.3) is 0 Å². The number of nitrogens with one attached hydrogen (secondary N) is 3. The standard InChI is InChI=1S/C17H19F3N4O4S2/c1-8-13(29-16(23-8)24-15(26)22-9(2)14(25)21-3)10-5-6-12(30(4,27)28)11(7-10)17(18,19)20/h5-7,9H,1-4H3,(H,21,25)(H2,22,23,24,26). The maximum atomic E-state index is 13.4. The first-order chi connectivity index (χ1) is 13.7. The molecule has 3 amide bonds. The molecule has 0 saturated carbocycles. The number of sulfone groups is 1. The molecule has 0 aliphatic rings. The van der Waals surface area contributed by atoms with Crippen molar-refractivity contribution in [1.29, 1.82) is 0 Å². The molecular weight excluding hydrogens is 445 g/mol. The minimum atomic E-state index is -4.87. The number of amides is 3. The number of carbonyl (C=O) groups excluding carboxylic acids is 2. The smallest absolute Gasteiger partial charge is 0.357 e. The van der Waals surface area contributed by atoms with Gasteiger partial charge < -0.3 is 10.6 Å². The summed E-state index contributed by atoms with van der Waals surface area (Å²) in [4.78, 5) is 27.1. The van der Waals surface area contributed by atoms with Crippen LogP contribution in [-0.2, 0) is 20.8 Å². The first kappa shape index (κ1) is 23.6. The van der Waals surface area contributed by atoms with E-state index in [9.17, 15) is 31.2 Å². The van der Waals surface area contributed by atoms with Crippen molar-refractivity contribution in [2.75, 3.05) is 18.6 Å². The van der Waals surface area contributed by atoms with E-state index in [0.29, 0.717) is 16.8 Å². The SMILES string of the molecule is CNC(=O)C(C)NC(=O)Nc1nc(C)c(-c2ccc(S(C)(=O)=O)c(C(F)(F)F)c2)s1. The molecule has 2 aromatic rings. The number of hydrogen-bond donors (Lipinski definition) is 3. The van der Waals surface area contributed by atoms with Crippen LogP contribution in [0.1, 0.15) is 18.2 Å². The molecule has 1 aromatic heterocycles. The second kappa shape index (κ2) is 8.60. The molecule has 8 nitrogen and oxygen atoms in total. The highest BCUT2D eigenvalue weighted by Crippen LogP contribution is 2.39. The lowest BCUT2D eigenvalue weighted by molar-refractivity contribution is -0.139. The summed E-state index contributed by atoms with van der Waals surface area (Å²) in [6.45, 7) is 3.01. The number of thiazole rings is 1. The second-order valence-electron chi connectivity index (χ2n) is 6.35. The first-order valence-electron chi connectivity index (χ1n) is 8.42. The number of urea groups is 1. The molecule has 0 radical (unpaired) electrons. The molecule has 13 heteroatoms. The number of likely N-dealkylation sites (N-methyl/N-ethyl adjacent to an activating group) is 1. The summed E-state index contributed by atoms with van der Waals surface area (Å²) < 4.78 is 63.6. The third kappa shape index (κ3) is 5.48. The summed E-state index contributed by atoms with van der Waals surface area (Å²) in [6.07, 6.45) is -4.17. The van der Waals surface area contributed by atoms with E-state index in [1.807, 2.05) is 0 Å². The number of aromatic nitrogens is 1. The summed E-state index contributed by atoms with van der Waals surface area (Å²) in [7, 11) is -2.67. The van der Waals surface area contributed by atoms with Gasteiger partial charge in [-0.2, -0.15) is 13.2 Å². The second-order valence-corrected chi connectivity index (χ2v) is 9.33. The number of benzene rings is 1. The Kier molecular flexibility index (Phi) is 6.76. The van der Waals surface area contributed by atoms with Gasteiger partial charge in [0.2, 0.25) is 5.91 Å². The Morgan fingerprint density at radius 2 is 1.87 bits per heavy atom. The number of hydrogen-bond acceptors (Lipinski definition) is 6. The van der Waals surface area contributed by atoms with Crippen molar-refractivity contribution >= 4 is 38.2 Å². The van der Waals surface area contributed by atoms with Crippen LogP contribution in [0, 0.1) is 6.92 Å². The summed E-state index contributed by atoms with van der Waals surface area (Å²) >= 11 is 0.914. The van der Waals surface area contributed by atoms with E-state index in [0.717, 1.165) is 23.5 Å². The average Bonchev–Trinajstić information content (AvgIpc) is 2.98. The summed E-state index contributed by atoms with van der Waals surface area (Å²) in [6, 6.07) is 1.37. The molecule has 30 heavy (non-hydrogen) atoms. The van der Waals surface area contributed by atoms with Gasteiger partial charge in [-0.25, -0.2) is 18.2 Å². The highest BCUT2D eigenvalue weighted by atomic mass is 32.2. The molecule has 1 aromatic carbocycles. The maximum absolute atomic E-state index is 13.4. The number of carbonyl (C=O) groups is 2. The van der Waals surface area contributed by atoms with E-state index in [4.69, 9.17) is 0 Å². The fourth-order valence-corrected chi connectivity index (χ4v) is 4.39. The van der Waals surface area contributed by atoms with E-state index in [1.165, 1.54) is 20.0 Å². The normalized spacial score (nSPS) is 12.9. The molecule has 0 bridgehead atoms. The van der Waals surface area contributed by atoms with E-state index in [1.54, 1.807) is 6.92 Å².